The number of carbonyl (C=O) groups is 3. The first-order chi connectivity index (χ1) is 11.6. The van der Waals surface area contributed by atoms with E-state index >= 15 is 0 Å². The highest BCUT2D eigenvalue weighted by Crippen LogP contribution is 2.13. The third kappa shape index (κ3) is 5.93. The number of rotatable bonds is 6. The zero-order valence-corrected chi connectivity index (χ0v) is 14.7. The fraction of sp³-hybridized carbons (Fsp3) is 0.562. The van der Waals surface area contributed by atoms with Crippen LogP contribution in [0.2, 0.25) is 0 Å². The van der Waals surface area contributed by atoms with Crippen molar-refractivity contribution in [2.75, 3.05) is 26.2 Å². The number of nitrogens with one attached hydrogen (secondary N) is 3. The molecule has 0 unspecified atom stereocenters. The van der Waals surface area contributed by atoms with Gasteiger partial charge in [0, 0.05) is 25.7 Å². The Morgan fingerprint density at radius 2 is 2.04 bits per heavy atom. The van der Waals surface area contributed by atoms with E-state index in [1.807, 2.05) is 29.3 Å². The lowest BCUT2D eigenvalue weighted by atomic mass is 10.0. The number of imide groups is 1. The van der Waals surface area contributed by atoms with Gasteiger partial charge >= 0.3 is 6.03 Å². The van der Waals surface area contributed by atoms with Gasteiger partial charge in [-0.1, -0.05) is 13.0 Å². The molecule has 1 aromatic heterocycles. The van der Waals surface area contributed by atoms with E-state index < -0.39 is 6.03 Å². The van der Waals surface area contributed by atoms with Gasteiger partial charge in [0.25, 0.3) is 5.91 Å². The van der Waals surface area contributed by atoms with Crippen LogP contribution in [0.3, 0.4) is 0 Å². The van der Waals surface area contributed by atoms with Crippen molar-refractivity contribution in [3.05, 3.63) is 22.4 Å². The van der Waals surface area contributed by atoms with Crippen LogP contribution in [0.15, 0.2) is 17.5 Å². The highest BCUT2D eigenvalue weighted by molar-refractivity contribution is 7.12. The molecule has 0 aromatic carbocycles. The van der Waals surface area contributed by atoms with Crippen LogP contribution >= 0.6 is 11.3 Å². The smallest absolute Gasteiger partial charge is 0.321 e. The summed E-state index contributed by atoms with van der Waals surface area (Å²) in [6.45, 7) is 4.14. The Kier molecular flexibility index (Phi) is 7.20. The van der Waals surface area contributed by atoms with Gasteiger partial charge in [0.2, 0.25) is 5.91 Å². The Balaban J connectivity index is 1.66. The first-order valence-corrected chi connectivity index (χ1v) is 9.11. The molecule has 2 rings (SSSR count). The number of likely N-dealkylation sites (tertiary alicyclic amines) is 1. The second kappa shape index (κ2) is 9.39. The predicted molar refractivity (Wildman–Crippen MR) is 93.1 cm³/mol. The maximum atomic E-state index is 12.0. The Morgan fingerprint density at radius 3 is 2.67 bits per heavy atom. The highest BCUT2D eigenvalue weighted by atomic mass is 32.1. The summed E-state index contributed by atoms with van der Waals surface area (Å²) < 4.78 is 0. The van der Waals surface area contributed by atoms with Gasteiger partial charge in [-0.25, -0.2) is 4.79 Å². The summed E-state index contributed by atoms with van der Waals surface area (Å²) in [5, 5.41) is 9.84. The fourth-order valence-electron chi connectivity index (χ4n) is 2.55. The molecule has 2 heterocycles. The third-order valence-corrected chi connectivity index (χ3v) is 4.69. The number of hydrogen-bond acceptors (Lipinski definition) is 5. The van der Waals surface area contributed by atoms with E-state index in [-0.39, 0.29) is 24.4 Å². The van der Waals surface area contributed by atoms with Gasteiger partial charge in [-0.05, 0) is 30.7 Å². The van der Waals surface area contributed by atoms with Crippen molar-refractivity contribution in [2.24, 2.45) is 0 Å². The Labute approximate surface area is 145 Å². The number of thiophene rings is 1. The molecule has 0 bridgehead atoms. The molecular formula is C16H24N4O3S. The molecule has 1 aliphatic heterocycles. The van der Waals surface area contributed by atoms with Crippen molar-refractivity contribution in [2.45, 2.75) is 32.2 Å². The van der Waals surface area contributed by atoms with Gasteiger partial charge in [0.15, 0.2) is 0 Å². The Bertz CT molecular complexity index is 554. The molecule has 1 aromatic rings. The summed E-state index contributed by atoms with van der Waals surface area (Å²) in [5.41, 5.74) is 0. The standard InChI is InChI=1S/C16H24N4O3S/c1-2-7-17-16(23)19-14(21)11-20-8-5-12(6-9-20)18-15(22)13-4-3-10-24-13/h3-4,10,12H,2,5-9,11H2,1H3,(H,18,22)(H2,17,19,21,23). The van der Waals surface area contributed by atoms with Crippen LogP contribution in [-0.2, 0) is 4.79 Å². The zero-order valence-electron chi connectivity index (χ0n) is 13.8. The molecule has 0 saturated carbocycles. The Hall–Kier alpha value is -1.93. The van der Waals surface area contributed by atoms with Crippen molar-refractivity contribution in [3.8, 4) is 0 Å². The first-order valence-electron chi connectivity index (χ1n) is 8.23. The van der Waals surface area contributed by atoms with Crippen molar-refractivity contribution in [1.82, 2.24) is 20.9 Å². The molecule has 4 amide bonds. The molecule has 1 fully saturated rings. The summed E-state index contributed by atoms with van der Waals surface area (Å²) in [5.74, 6) is -0.335. The summed E-state index contributed by atoms with van der Waals surface area (Å²) >= 11 is 1.43. The molecule has 0 spiro atoms. The van der Waals surface area contributed by atoms with E-state index in [1.165, 1.54) is 11.3 Å². The lowest BCUT2D eigenvalue weighted by Gasteiger charge is -2.31. The topological polar surface area (TPSA) is 90.5 Å². The minimum atomic E-state index is -0.444. The van der Waals surface area contributed by atoms with E-state index in [0.717, 1.165) is 37.2 Å². The van der Waals surface area contributed by atoms with Crippen molar-refractivity contribution < 1.29 is 14.4 Å². The number of carbonyl (C=O) groups excluding carboxylic acids is 3. The van der Waals surface area contributed by atoms with Crippen molar-refractivity contribution >= 4 is 29.2 Å². The average molecular weight is 352 g/mol. The van der Waals surface area contributed by atoms with Gasteiger partial charge in [-0.3, -0.25) is 19.8 Å². The maximum Gasteiger partial charge on any atom is 0.321 e. The van der Waals surface area contributed by atoms with E-state index in [0.29, 0.717) is 6.54 Å². The summed E-state index contributed by atoms with van der Waals surface area (Å²) in [6.07, 6.45) is 2.42. The summed E-state index contributed by atoms with van der Waals surface area (Å²) in [7, 11) is 0. The second-order valence-corrected chi connectivity index (χ2v) is 6.75. The van der Waals surface area contributed by atoms with Crippen LogP contribution in [-0.4, -0.2) is 55.0 Å². The number of hydrogen-bond donors (Lipinski definition) is 3. The van der Waals surface area contributed by atoms with Crippen LogP contribution in [0.1, 0.15) is 35.9 Å². The van der Waals surface area contributed by atoms with Crippen LogP contribution in [0.4, 0.5) is 4.79 Å². The molecule has 3 N–H and O–H groups in total. The number of nitrogens with zero attached hydrogens (tertiary/aromatic N) is 1. The van der Waals surface area contributed by atoms with E-state index in [2.05, 4.69) is 16.0 Å². The molecule has 0 aliphatic carbocycles. The summed E-state index contributed by atoms with van der Waals surface area (Å²) in [6, 6.07) is 3.35. The quantitative estimate of drug-likeness (QED) is 0.717. The van der Waals surface area contributed by atoms with Gasteiger partial charge in [-0.15, -0.1) is 11.3 Å². The largest absolute Gasteiger partial charge is 0.349 e. The fourth-order valence-corrected chi connectivity index (χ4v) is 3.18. The summed E-state index contributed by atoms with van der Waals surface area (Å²) in [4.78, 5) is 38.0. The average Bonchev–Trinajstić information content (AvgIpc) is 3.09. The number of piperidine rings is 1. The van der Waals surface area contributed by atoms with E-state index in [4.69, 9.17) is 0 Å². The molecule has 24 heavy (non-hydrogen) atoms. The van der Waals surface area contributed by atoms with Crippen LogP contribution in [0.25, 0.3) is 0 Å². The highest BCUT2D eigenvalue weighted by Gasteiger charge is 2.23. The van der Waals surface area contributed by atoms with Crippen molar-refractivity contribution in [1.29, 1.82) is 0 Å². The van der Waals surface area contributed by atoms with Crippen molar-refractivity contribution in [3.63, 3.8) is 0 Å². The molecule has 132 valence electrons. The minimum absolute atomic E-state index is 0.0335. The molecule has 1 aliphatic rings. The SMILES string of the molecule is CCCNC(=O)NC(=O)CN1CCC(NC(=O)c2cccs2)CC1. The molecule has 1 saturated heterocycles. The predicted octanol–water partition coefficient (Wildman–Crippen LogP) is 1.18. The van der Waals surface area contributed by atoms with Crippen LogP contribution in [0.5, 0.6) is 0 Å². The van der Waals surface area contributed by atoms with Gasteiger partial charge < -0.3 is 10.6 Å². The third-order valence-electron chi connectivity index (χ3n) is 3.82. The minimum Gasteiger partial charge on any atom is -0.349 e. The molecular weight excluding hydrogens is 328 g/mol. The number of amides is 4. The molecule has 0 atom stereocenters. The number of urea groups is 1. The lowest BCUT2D eigenvalue weighted by Crippen LogP contribution is -2.49. The second-order valence-electron chi connectivity index (χ2n) is 5.81. The monoisotopic (exact) mass is 352 g/mol. The van der Waals surface area contributed by atoms with Crippen LogP contribution in [0, 0.1) is 0 Å². The molecule has 7 nitrogen and oxygen atoms in total. The lowest BCUT2D eigenvalue weighted by molar-refractivity contribution is -0.121. The maximum absolute atomic E-state index is 12.0. The molecule has 0 radical (unpaired) electrons. The van der Waals surface area contributed by atoms with Crippen LogP contribution < -0.4 is 16.0 Å². The van der Waals surface area contributed by atoms with E-state index in [1.54, 1.807) is 0 Å². The zero-order chi connectivity index (χ0) is 17.4. The van der Waals surface area contributed by atoms with Gasteiger partial charge in [0.05, 0.1) is 11.4 Å². The van der Waals surface area contributed by atoms with Gasteiger partial charge in [0.1, 0.15) is 0 Å². The normalized spacial score (nSPS) is 15.7. The van der Waals surface area contributed by atoms with E-state index in [9.17, 15) is 14.4 Å². The molecule has 8 heteroatoms. The van der Waals surface area contributed by atoms with Gasteiger partial charge in [-0.2, -0.15) is 0 Å². The first kappa shape index (κ1) is 18.4. The Morgan fingerprint density at radius 1 is 1.29 bits per heavy atom.